The fraction of sp³-hybridized carbons (Fsp3) is 0.148. The second kappa shape index (κ2) is 9.01. The highest BCUT2D eigenvalue weighted by atomic mass is 32.1. The zero-order valence-corrected chi connectivity index (χ0v) is 20.1. The van der Waals surface area contributed by atoms with E-state index >= 15 is 0 Å². The molecule has 2 aromatic carbocycles. The van der Waals surface area contributed by atoms with E-state index in [1.54, 1.807) is 12.3 Å². The third-order valence-corrected chi connectivity index (χ3v) is 6.70. The summed E-state index contributed by atoms with van der Waals surface area (Å²) in [6, 6.07) is 22.4. The first-order valence-corrected chi connectivity index (χ1v) is 11.8. The number of hydrogen-bond acceptors (Lipinski definition) is 6. The number of thiocarbonyl (C=S) groups is 1. The van der Waals surface area contributed by atoms with Crippen molar-refractivity contribution in [2.24, 2.45) is 0 Å². The highest BCUT2D eigenvalue weighted by molar-refractivity contribution is 7.80. The molecule has 1 fully saturated rings. The van der Waals surface area contributed by atoms with Crippen LogP contribution in [-0.4, -0.2) is 34.5 Å². The molecule has 6 rings (SSSR count). The minimum atomic E-state index is -0.403. The van der Waals surface area contributed by atoms with Crippen molar-refractivity contribution in [2.75, 3.05) is 18.8 Å². The number of benzene rings is 2. The van der Waals surface area contributed by atoms with Gasteiger partial charge in [0.15, 0.2) is 16.6 Å². The Balaban J connectivity index is 1.52. The van der Waals surface area contributed by atoms with Gasteiger partial charge in [-0.3, -0.25) is 4.98 Å². The standard InChI is InChI=1S/C27H22N4O4S/c1-33-26(32)18-7-2-3-9-20(18)30-14-6-10-21(30)25-24(19-8-4-5-13-28-19)29-27(36)31(25)17-11-12-22-23(15-17)35-16-34-22/h2-15,24-25H,16H2,1H3,(H,29,36)/t24-,25+/m0/s1. The van der Waals surface area contributed by atoms with E-state index < -0.39 is 5.97 Å². The number of hydrogen-bond donors (Lipinski definition) is 1. The Labute approximate surface area is 213 Å². The zero-order valence-electron chi connectivity index (χ0n) is 19.3. The van der Waals surface area contributed by atoms with Gasteiger partial charge < -0.3 is 29.0 Å². The molecule has 1 N–H and O–H groups in total. The lowest BCUT2D eigenvalue weighted by Crippen LogP contribution is -2.30. The Morgan fingerprint density at radius 2 is 1.89 bits per heavy atom. The topological polar surface area (TPSA) is 77.9 Å². The van der Waals surface area contributed by atoms with Gasteiger partial charge in [0.2, 0.25) is 6.79 Å². The average molecular weight is 499 g/mol. The normalized spacial score (nSPS) is 18.2. The quantitative estimate of drug-likeness (QED) is 0.317. The second-order valence-corrected chi connectivity index (χ2v) is 8.73. The third kappa shape index (κ3) is 3.64. The molecule has 0 spiro atoms. The Morgan fingerprint density at radius 3 is 2.72 bits per heavy atom. The highest BCUT2D eigenvalue weighted by Gasteiger charge is 2.42. The zero-order chi connectivity index (χ0) is 24.6. The van der Waals surface area contributed by atoms with Crippen LogP contribution in [0.15, 0.2) is 85.2 Å². The number of esters is 1. The number of nitrogens with zero attached hydrogens (tertiary/aromatic N) is 3. The molecule has 0 unspecified atom stereocenters. The SMILES string of the molecule is COC(=O)c1ccccc1-n1cccc1[C@@H]1[C@H](c2ccccn2)NC(=S)N1c1ccc2c(c1)OCO2. The molecule has 0 saturated carbocycles. The molecular weight excluding hydrogens is 476 g/mol. The molecule has 9 heteroatoms. The summed E-state index contributed by atoms with van der Waals surface area (Å²) in [5, 5.41) is 4.03. The monoisotopic (exact) mass is 498 g/mol. The van der Waals surface area contributed by atoms with Crippen molar-refractivity contribution < 1.29 is 19.0 Å². The molecule has 0 bridgehead atoms. The van der Waals surface area contributed by atoms with Crippen LogP contribution in [0.25, 0.3) is 5.69 Å². The fourth-order valence-electron chi connectivity index (χ4n) is 4.79. The van der Waals surface area contributed by atoms with E-state index in [0.29, 0.717) is 27.9 Å². The minimum Gasteiger partial charge on any atom is -0.465 e. The molecule has 4 heterocycles. The van der Waals surface area contributed by atoms with Crippen LogP contribution >= 0.6 is 12.2 Å². The Morgan fingerprint density at radius 1 is 1.06 bits per heavy atom. The van der Waals surface area contributed by atoms with E-state index in [-0.39, 0.29) is 18.9 Å². The third-order valence-electron chi connectivity index (χ3n) is 6.38. The molecule has 8 nitrogen and oxygen atoms in total. The van der Waals surface area contributed by atoms with Crippen molar-refractivity contribution in [3.63, 3.8) is 0 Å². The molecule has 2 aliphatic heterocycles. The number of carbonyl (C=O) groups excluding carboxylic acids is 1. The lowest BCUT2D eigenvalue weighted by atomic mass is 10.0. The van der Waals surface area contributed by atoms with E-state index in [2.05, 4.69) is 15.2 Å². The summed E-state index contributed by atoms with van der Waals surface area (Å²) in [5.74, 6) is 0.964. The number of methoxy groups -OCH3 is 1. The second-order valence-electron chi connectivity index (χ2n) is 8.35. The van der Waals surface area contributed by atoms with Crippen molar-refractivity contribution in [3.05, 3.63) is 102 Å². The summed E-state index contributed by atoms with van der Waals surface area (Å²) in [6.45, 7) is 0.189. The van der Waals surface area contributed by atoms with E-state index in [9.17, 15) is 4.79 Å². The summed E-state index contributed by atoms with van der Waals surface area (Å²) >= 11 is 5.86. The van der Waals surface area contributed by atoms with Gasteiger partial charge in [-0.2, -0.15) is 0 Å². The van der Waals surface area contributed by atoms with Crippen molar-refractivity contribution >= 4 is 29.0 Å². The maximum absolute atomic E-state index is 12.6. The predicted octanol–water partition coefficient (Wildman–Crippen LogP) is 4.56. The van der Waals surface area contributed by atoms with Gasteiger partial charge in [-0.05, 0) is 60.7 Å². The van der Waals surface area contributed by atoms with E-state index in [1.807, 2.05) is 77.5 Å². The number of ether oxygens (including phenoxy) is 3. The minimum absolute atomic E-state index is 0.189. The van der Waals surface area contributed by atoms with Crippen LogP contribution in [-0.2, 0) is 4.74 Å². The van der Waals surface area contributed by atoms with Crippen LogP contribution in [0.5, 0.6) is 11.5 Å². The van der Waals surface area contributed by atoms with Crippen molar-refractivity contribution in [1.82, 2.24) is 14.9 Å². The number of rotatable bonds is 5. The molecule has 180 valence electrons. The van der Waals surface area contributed by atoms with Crippen molar-refractivity contribution in [2.45, 2.75) is 12.1 Å². The van der Waals surface area contributed by atoms with E-state index in [1.165, 1.54) is 7.11 Å². The Bertz CT molecular complexity index is 1460. The molecule has 36 heavy (non-hydrogen) atoms. The summed E-state index contributed by atoms with van der Waals surface area (Å²) in [7, 11) is 1.38. The average Bonchev–Trinajstić information content (AvgIpc) is 3.66. The summed E-state index contributed by atoms with van der Waals surface area (Å²) < 4.78 is 18.2. The van der Waals surface area contributed by atoms with Crippen LogP contribution in [0.1, 0.15) is 33.8 Å². The molecule has 2 aliphatic rings. The molecule has 0 radical (unpaired) electrons. The van der Waals surface area contributed by atoms with Gasteiger partial charge in [0.1, 0.15) is 6.04 Å². The van der Waals surface area contributed by atoms with Gasteiger partial charge in [0.25, 0.3) is 0 Å². The number of aromatic nitrogens is 2. The summed E-state index contributed by atoms with van der Waals surface area (Å²) in [5.41, 5.74) is 3.81. The highest BCUT2D eigenvalue weighted by Crippen LogP contribution is 2.45. The van der Waals surface area contributed by atoms with E-state index in [4.69, 9.17) is 26.4 Å². The van der Waals surface area contributed by atoms with Gasteiger partial charge in [0.05, 0.1) is 30.1 Å². The number of para-hydroxylation sites is 1. The first-order valence-electron chi connectivity index (χ1n) is 11.4. The first-order chi connectivity index (χ1) is 17.7. The molecule has 0 amide bonds. The van der Waals surface area contributed by atoms with Crippen LogP contribution in [0.2, 0.25) is 0 Å². The first kappa shape index (κ1) is 22.1. The number of carbonyl (C=O) groups is 1. The van der Waals surface area contributed by atoms with E-state index in [0.717, 1.165) is 17.1 Å². The maximum atomic E-state index is 12.6. The van der Waals surface area contributed by atoms with Crippen molar-refractivity contribution in [1.29, 1.82) is 0 Å². The van der Waals surface area contributed by atoms with Gasteiger partial charge in [-0.1, -0.05) is 18.2 Å². The largest absolute Gasteiger partial charge is 0.465 e. The maximum Gasteiger partial charge on any atom is 0.339 e. The van der Waals surface area contributed by atoms with Gasteiger partial charge in [0, 0.05) is 29.8 Å². The number of pyridine rings is 1. The molecule has 1 saturated heterocycles. The van der Waals surface area contributed by atoms with Crippen LogP contribution < -0.4 is 19.7 Å². The van der Waals surface area contributed by atoms with Gasteiger partial charge in [-0.25, -0.2) is 4.79 Å². The summed E-state index contributed by atoms with van der Waals surface area (Å²) in [6.07, 6.45) is 3.71. The number of fused-ring (bicyclic) bond motifs is 1. The van der Waals surface area contributed by atoms with Crippen LogP contribution in [0.3, 0.4) is 0 Å². The van der Waals surface area contributed by atoms with Gasteiger partial charge >= 0.3 is 5.97 Å². The molecular formula is C27H22N4O4S. The van der Waals surface area contributed by atoms with Crippen LogP contribution in [0, 0.1) is 0 Å². The Hall–Kier alpha value is -4.37. The summed E-state index contributed by atoms with van der Waals surface area (Å²) in [4.78, 5) is 19.3. The van der Waals surface area contributed by atoms with Crippen LogP contribution in [0.4, 0.5) is 5.69 Å². The lowest BCUT2D eigenvalue weighted by Gasteiger charge is -2.29. The molecule has 2 atom stereocenters. The molecule has 4 aromatic rings. The Kier molecular flexibility index (Phi) is 5.54. The number of anilines is 1. The molecule has 0 aliphatic carbocycles. The van der Waals surface area contributed by atoms with Gasteiger partial charge in [-0.15, -0.1) is 0 Å². The predicted molar refractivity (Wildman–Crippen MR) is 138 cm³/mol. The smallest absolute Gasteiger partial charge is 0.339 e. The lowest BCUT2D eigenvalue weighted by molar-refractivity contribution is 0.0600. The number of nitrogens with one attached hydrogen (secondary N) is 1. The fourth-order valence-corrected chi connectivity index (χ4v) is 5.14. The molecule has 2 aromatic heterocycles. The van der Waals surface area contributed by atoms with Crippen molar-refractivity contribution in [3.8, 4) is 17.2 Å².